The molecule has 2 aromatic rings. The average molecular weight is 413 g/mol. The highest BCUT2D eigenvalue weighted by Gasteiger charge is 2.16. The van der Waals surface area contributed by atoms with Gasteiger partial charge in [0.2, 0.25) is 0 Å². The number of carbonyl (C=O) groups is 2. The summed E-state index contributed by atoms with van der Waals surface area (Å²) in [5, 5.41) is 9.70. The van der Waals surface area contributed by atoms with E-state index in [4.69, 9.17) is 4.42 Å². The number of hydrogen-bond donors (Lipinski definition) is 3. The molecule has 148 valence electrons. The van der Waals surface area contributed by atoms with Crippen LogP contribution in [0.4, 0.5) is 5.00 Å². The van der Waals surface area contributed by atoms with E-state index in [-0.39, 0.29) is 30.0 Å². The first-order valence-electron chi connectivity index (χ1n) is 8.80. The molecule has 0 bridgehead atoms. The molecule has 1 saturated heterocycles. The van der Waals surface area contributed by atoms with Crippen LogP contribution in [0.2, 0.25) is 0 Å². The van der Waals surface area contributed by atoms with Gasteiger partial charge in [-0.3, -0.25) is 9.59 Å². The summed E-state index contributed by atoms with van der Waals surface area (Å²) in [5.41, 5.74) is 0.851. The number of hydrogen-bond acceptors (Lipinski definition) is 6. The minimum atomic E-state index is -0.320. The van der Waals surface area contributed by atoms with E-state index >= 15 is 0 Å². The van der Waals surface area contributed by atoms with Gasteiger partial charge in [-0.05, 0) is 43.7 Å². The Morgan fingerprint density at radius 3 is 2.78 bits per heavy atom. The number of nitrogens with one attached hydrogen (secondary N) is 3. The zero-order chi connectivity index (χ0) is 18.4. The molecule has 7 nitrogen and oxygen atoms in total. The molecule has 0 atom stereocenters. The van der Waals surface area contributed by atoms with E-state index in [2.05, 4.69) is 20.9 Å². The molecule has 1 aliphatic heterocycles. The van der Waals surface area contributed by atoms with E-state index in [1.165, 1.54) is 17.6 Å². The number of piperazine rings is 1. The van der Waals surface area contributed by atoms with Crippen LogP contribution in [-0.4, -0.2) is 56.0 Å². The van der Waals surface area contributed by atoms with Crippen LogP contribution in [0.3, 0.4) is 0 Å². The summed E-state index contributed by atoms with van der Waals surface area (Å²) in [6.45, 7) is 7.71. The van der Waals surface area contributed by atoms with E-state index in [9.17, 15) is 9.59 Å². The molecule has 0 aliphatic carbocycles. The zero-order valence-corrected chi connectivity index (χ0v) is 16.9. The van der Waals surface area contributed by atoms with Gasteiger partial charge in [-0.1, -0.05) is 0 Å². The van der Waals surface area contributed by atoms with Crippen molar-refractivity contribution in [2.45, 2.75) is 13.3 Å². The second kappa shape index (κ2) is 10.5. The highest BCUT2D eigenvalue weighted by atomic mass is 35.5. The Labute approximate surface area is 168 Å². The van der Waals surface area contributed by atoms with Gasteiger partial charge in [0.05, 0.1) is 16.1 Å². The Morgan fingerprint density at radius 2 is 2.07 bits per heavy atom. The fraction of sp³-hybridized carbons (Fsp3) is 0.444. The lowest BCUT2D eigenvalue weighted by atomic mass is 10.2. The lowest BCUT2D eigenvalue weighted by Gasteiger charge is -2.27. The molecule has 3 rings (SSSR count). The molecular formula is C18H25ClN4O3S. The Balaban J connectivity index is 0.00000261. The summed E-state index contributed by atoms with van der Waals surface area (Å²) in [5.74, 6) is -0.166. The van der Waals surface area contributed by atoms with E-state index in [0.29, 0.717) is 16.4 Å². The number of amides is 2. The van der Waals surface area contributed by atoms with Crippen LogP contribution in [0.25, 0.3) is 0 Å². The molecule has 27 heavy (non-hydrogen) atoms. The van der Waals surface area contributed by atoms with E-state index in [0.717, 1.165) is 44.7 Å². The van der Waals surface area contributed by atoms with Crippen molar-refractivity contribution < 1.29 is 14.0 Å². The molecular weight excluding hydrogens is 388 g/mol. The van der Waals surface area contributed by atoms with Gasteiger partial charge in [-0.15, -0.1) is 23.7 Å². The summed E-state index contributed by atoms with van der Waals surface area (Å²) in [7, 11) is 0. The second-order valence-corrected chi connectivity index (χ2v) is 7.31. The Morgan fingerprint density at radius 1 is 1.30 bits per heavy atom. The molecule has 3 N–H and O–H groups in total. The number of rotatable bonds is 7. The summed E-state index contributed by atoms with van der Waals surface area (Å²) < 4.78 is 5.07. The standard InChI is InChI=1S/C18H24N4O3S.ClH/c1-13-12-15(21-17(23)14-4-2-11-25-14)26-16(13)18(24)20-5-3-8-22-9-6-19-7-10-22;/h2,4,11-12,19H,3,5-10H2,1H3,(H,20,24)(H,21,23);1H. The Hall–Kier alpha value is -1.87. The van der Waals surface area contributed by atoms with E-state index in [1.54, 1.807) is 18.2 Å². The van der Waals surface area contributed by atoms with E-state index < -0.39 is 0 Å². The third kappa shape index (κ3) is 6.07. The first-order valence-corrected chi connectivity index (χ1v) is 9.61. The topological polar surface area (TPSA) is 86.6 Å². The minimum absolute atomic E-state index is 0. The molecule has 0 spiro atoms. The highest BCUT2D eigenvalue weighted by molar-refractivity contribution is 7.18. The SMILES string of the molecule is Cc1cc(NC(=O)c2ccco2)sc1C(=O)NCCCN1CCNCC1.Cl. The summed E-state index contributed by atoms with van der Waals surface area (Å²) in [6.07, 6.45) is 2.38. The predicted octanol–water partition coefficient (Wildman–Crippen LogP) is 2.35. The molecule has 1 fully saturated rings. The van der Waals surface area contributed by atoms with Gasteiger partial charge in [-0.2, -0.15) is 0 Å². The van der Waals surface area contributed by atoms with Crippen LogP contribution < -0.4 is 16.0 Å². The first kappa shape index (κ1) is 21.4. The lowest BCUT2D eigenvalue weighted by Crippen LogP contribution is -2.44. The maximum Gasteiger partial charge on any atom is 0.291 e. The molecule has 2 aromatic heterocycles. The number of nitrogens with zero attached hydrogens (tertiary/aromatic N) is 1. The van der Waals surface area contributed by atoms with Gasteiger partial charge in [0.25, 0.3) is 11.8 Å². The van der Waals surface area contributed by atoms with Crippen molar-refractivity contribution in [2.24, 2.45) is 0 Å². The maximum absolute atomic E-state index is 12.4. The van der Waals surface area contributed by atoms with E-state index in [1.807, 2.05) is 6.92 Å². The third-order valence-electron chi connectivity index (χ3n) is 4.25. The van der Waals surface area contributed by atoms with Crippen molar-refractivity contribution >= 4 is 40.6 Å². The Kier molecular flexibility index (Phi) is 8.30. The van der Waals surface area contributed by atoms with Crippen molar-refractivity contribution in [1.82, 2.24) is 15.5 Å². The average Bonchev–Trinajstić information content (AvgIpc) is 3.29. The van der Waals surface area contributed by atoms with Crippen molar-refractivity contribution in [1.29, 1.82) is 0 Å². The smallest absolute Gasteiger partial charge is 0.291 e. The number of halogens is 1. The third-order valence-corrected chi connectivity index (χ3v) is 5.40. The van der Waals surface area contributed by atoms with Gasteiger partial charge in [0.15, 0.2) is 5.76 Å². The summed E-state index contributed by atoms with van der Waals surface area (Å²) in [4.78, 5) is 27.4. The molecule has 3 heterocycles. The zero-order valence-electron chi connectivity index (χ0n) is 15.2. The molecule has 0 saturated carbocycles. The van der Waals surface area contributed by atoms with Gasteiger partial charge in [0.1, 0.15) is 0 Å². The van der Waals surface area contributed by atoms with Gasteiger partial charge >= 0.3 is 0 Å². The van der Waals surface area contributed by atoms with Crippen LogP contribution in [0, 0.1) is 6.92 Å². The predicted molar refractivity (Wildman–Crippen MR) is 109 cm³/mol. The minimum Gasteiger partial charge on any atom is -0.459 e. The van der Waals surface area contributed by atoms with Crippen LogP contribution in [0.5, 0.6) is 0 Å². The van der Waals surface area contributed by atoms with Crippen molar-refractivity contribution in [3.63, 3.8) is 0 Å². The lowest BCUT2D eigenvalue weighted by molar-refractivity contribution is 0.0953. The largest absolute Gasteiger partial charge is 0.459 e. The number of aryl methyl sites for hydroxylation is 1. The summed E-state index contributed by atoms with van der Waals surface area (Å²) in [6, 6.07) is 5.07. The molecule has 0 aromatic carbocycles. The van der Waals surface area contributed by atoms with Crippen LogP contribution >= 0.6 is 23.7 Å². The fourth-order valence-electron chi connectivity index (χ4n) is 2.87. The van der Waals surface area contributed by atoms with Gasteiger partial charge < -0.3 is 25.3 Å². The van der Waals surface area contributed by atoms with Crippen molar-refractivity contribution in [3.8, 4) is 0 Å². The van der Waals surface area contributed by atoms with Crippen LogP contribution in [0.1, 0.15) is 32.2 Å². The molecule has 2 amide bonds. The normalized spacial score (nSPS) is 14.4. The van der Waals surface area contributed by atoms with Gasteiger partial charge in [-0.25, -0.2) is 0 Å². The van der Waals surface area contributed by atoms with Crippen molar-refractivity contribution in [3.05, 3.63) is 40.7 Å². The Bertz CT molecular complexity index is 742. The monoisotopic (exact) mass is 412 g/mol. The number of carbonyl (C=O) groups excluding carboxylic acids is 2. The van der Waals surface area contributed by atoms with Crippen LogP contribution in [0.15, 0.2) is 28.9 Å². The van der Waals surface area contributed by atoms with Gasteiger partial charge in [0, 0.05) is 32.7 Å². The molecule has 0 radical (unpaired) electrons. The first-order chi connectivity index (χ1) is 12.6. The highest BCUT2D eigenvalue weighted by Crippen LogP contribution is 2.27. The molecule has 0 unspecified atom stereocenters. The van der Waals surface area contributed by atoms with Crippen molar-refractivity contribution in [2.75, 3.05) is 44.6 Å². The second-order valence-electron chi connectivity index (χ2n) is 6.26. The molecule has 9 heteroatoms. The number of thiophene rings is 1. The van der Waals surface area contributed by atoms with Crippen LogP contribution in [-0.2, 0) is 0 Å². The quantitative estimate of drug-likeness (QED) is 0.608. The fourth-order valence-corrected chi connectivity index (χ4v) is 3.85. The maximum atomic E-state index is 12.4. The summed E-state index contributed by atoms with van der Waals surface area (Å²) >= 11 is 1.27. The number of furan rings is 1. The number of anilines is 1. The molecule has 1 aliphatic rings.